The second kappa shape index (κ2) is 5.27. The third-order valence-corrected chi connectivity index (χ3v) is 3.74. The van der Waals surface area contributed by atoms with Crippen LogP contribution >= 0.6 is 0 Å². The molecular formula is C19H18. The van der Waals surface area contributed by atoms with Crippen molar-refractivity contribution in [1.82, 2.24) is 0 Å². The van der Waals surface area contributed by atoms with Gasteiger partial charge in [0.1, 0.15) is 0 Å². The average molecular weight is 246 g/mol. The zero-order valence-corrected chi connectivity index (χ0v) is 11.3. The first-order chi connectivity index (χ1) is 9.38. The van der Waals surface area contributed by atoms with Crippen molar-refractivity contribution in [2.75, 3.05) is 0 Å². The Morgan fingerprint density at radius 1 is 0.737 bits per heavy atom. The Kier molecular flexibility index (Phi) is 3.33. The molecule has 3 aromatic rings. The zero-order chi connectivity index (χ0) is 13.1. The molecule has 0 atom stereocenters. The summed E-state index contributed by atoms with van der Waals surface area (Å²) in [7, 11) is 0. The van der Waals surface area contributed by atoms with Crippen LogP contribution in [0.2, 0.25) is 0 Å². The molecule has 0 heterocycles. The molecule has 19 heavy (non-hydrogen) atoms. The van der Waals surface area contributed by atoms with Crippen molar-refractivity contribution in [2.45, 2.75) is 19.8 Å². The highest BCUT2D eigenvalue weighted by atomic mass is 14.1. The fourth-order valence-electron chi connectivity index (χ4n) is 2.72. The number of hydrogen-bond acceptors (Lipinski definition) is 0. The Bertz CT molecular complexity index is 681. The lowest BCUT2D eigenvalue weighted by Crippen LogP contribution is -1.96. The molecule has 0 aromatic heterocycles. The molecule has 0 N–H and O–H groups in total. The molecule has 0 aliphatic heterocycles. The Morgan fingerprint density at radius 2 is 1.47 bits per heavy atom. The first kappa shape index (κ1) is 12.0. The van der Waals surface area contributed by atoms with Gasteiger partial charge in [0.2, 0.25) is 0 Å². The minimum Gasteiger partial charge on any atom is -0.0622 e. The normalized spacial score (nSPS) is 10.8. The van der Waals surface area contributed by atoms with E-state index in [0.29, 0.717) is 0 Å². The lowest BCUT2D eigenvalue weighted by Gasteiger charge is -2.12. The van der Waals surface area contributed by atoms with Crippen LogP contribution in [0, 0.1) is 0 Å². The van der Waals surface area contributed by atoms with Crippen LogP contribution in [-0.4, -0.2) is 0 Å². The van der Waals surface area contributed by atoms with E-state index < -0.39 is 0 Å². The Balaban J connectivity index is 2.15. The van der Waals surface area contributed by atoms with Crippen LogP contribution < -0.4 is 0 Å². The molecule has 0 unspecified atom stereocenters. The third-order valence-electron chi connectivity index (χ3n) is 3.74. The average Bonchev–Trinajstić information content (AvgIpc) is 2.49. The predicted octanol–water partition coefficient (Wildman–Crippen LogP) is 4.99. The molecule has 0 bridgehead atoms. The third kappa shape index (κ3) is 2.39. The molecule has 3 rings (SSSR count). The lowest BCUT2D eigenvalue weighted by atomic mass is 9.93. The van der Waals surface area contributed by atoms with Gasteiger partial charge in [-0.1, -0.05) is 73.7 Å². The Hall–Kier alpha value is -2.08. The number of benzene rings is 3. The number of rotatable bonds is 3. The van der Waals surface area contributed by atoms with Gasteiger partial charge in [-0.3, -0.25) is 0 Å². The van der Waals surface area contributed by atoms with E-state index >= 15 is 0 Å². The topological polar surface area (TPSA) is 0 Å². The van der Waals surface area contributed by atoms with Gasteiger partial charge in [-0.2, -0.15) is 0 Å². The molecule has 0 spiro atoms. The van der Waals surface area contributed by atoms with Crippen molar-refractivity contribution in [2.24, 2.45) is 0 Å². The Labute approximate surface area is 114 Å². The van der Waals surface area contributed by atoms with Gasteiger partial charge < -0.3 is 0 Å². The van der Waals surface area contributed by atoms with Crippen molar-refractivity contribution >= 4 is 10.8 Å². The van der Waals surface area contributed by atoms with E-state index in [2.05, 4.69) is 73.7 Å². The quantitative estimate of drug-likeness (QED) is 0.610. The van der Waals surface area contributed by atoms with Gasteiger partial charge in [0.05, 0.1) is 0 Å². The van der Waals surface area contributed by atoms with E-state index in [4.69, 9.17) is 0 Å². The fourth-order valence-corrected chi connectivity index (χ4v) is 2.72. The smallest absolute Gasteiger partial charge is 0.00169 e. The van der Waals surface area contributed by atoms with E-state index in [1.54, 1.807) is 0 Å². The lowest BCUT2D eigenvalue weighted by molar-refractivity contribution is 1.07. The molecular weight excluding hydrogens is 228 g/mol. The molecule has 0 fully saturated rings. The Morgan fingerprint density at radius 3 is 2.26 bits per heavy atom. The van der Waals surface area contributed by atoms with Crippen molar-refractivity contribution in [3.8, 4) is 0 Å². The zero-order valence-electron chi connectivity index (χ0n) is 11.3. The standard InChI is InChI=1S/C19H18/c1-2-16-12-13-17-10-6-7-11-18(17)19(16)14-15-8-4-3-5-9-15/h3-13H,2,14H2,1H3. The summed E-state index contributed by atoms with van der Waals surface area (Å²) >= 11 is 0. The first-order valence-corrected chi connectivity index (χ1v) is 6.92. The summed E-state index contributed by atoms with van der Waals surface area (Å²) in [6.45, 7) is 2.23. The van der Waals surface area contributed by atoms with Gasteiger partial charge in [-0.15, -0.1) is 0 Å². The van der Waals surface area contributed by atoms with E-state index in [0.717, 1.165) is 12.8 Å². The van der Waals surface area contributed by atoms with Crippen molar-refractivity contribution < 1.29 is 0 Å². The van der Waals surface area contributed by atoms with Crippen LogP contribution in [0.1, 0.15) is 23.6 Å². The van der Waals surface area contributed by atoms with Gasteiger partial charge in [0.25, 0.3) is 0 Å². The summed E-state index contributed by atoms with van der Waals surface area (Å²) in [6, 6.07) is 23.9. The monoisotopic (exact) mass is 246 g/mol. The van der Waals surface area contributed by atoms with Crippen molar-refractivity contribution in [3.05, 3.63) is 83.4 Å². The molecule has 0 radical (unpaired) electrons. The van der Waals surface area contributed by atoms with E-state index in [9.17, 15) is 0 Å². The van der Waals surface area contributed by atoms with Crippen LogP contribution in [0.15, 0.2) is 66.7 Å². The molecule has 94 valence electrons. The first-order valence-electron chi connectivity index (χ1n) is 6.92. The maximum Gasteiger partial charge on any atom is -0.00169 e. The molecule has 0 nitrogen and oxygen atoms in total. The summed E-state index contributed by atoms with van der Waals surface area (Å²) in [5.41, 5.74) is 4.32. The summed E-state index contributed by atoms with van der Waals surface area (Å²) in [5, 5.41) is 2.73. The highest BCUT2D eigenvalue weighted by Crippen LogP contribution is 2.25. The second-order valence-corrected chi connectivity index (χ2v) is 4.94. The molecule has 0 aliphatic rings. The summed E-state index contributed by atoms with van der Waals surface area (Å²) in [4.78, 5) is 0. The van der Waals surface area contributed by atoms with E-state index in [-0.39, 0.29) is 0 Å². The summed E-state index contributed by atoms with van der Waals surface area (Å²) < 4.78 is 0. The highest BCUT2D eigenvalue weighted by molar-refractivity contribution is 5.87. The number of fused-ring (bicyclic) bond motifs is 1. The minimum absolute atomic E-state index is 1.02. The van der Waals surface area contributed by atoms with Crippen molar-refractivity contribution in [1.29, 1.82) is 0 Å². The van der Waals surface area contributed by atoms with E-state index in [1.807, 2.05) is 0 Å². The van der Waals surface area contributed by atoms with Gasteiger partial charge in [0, 0.05) is 0 Å². The van der Waals surface area contributed by atoms with Gasteiger partial charge in [-0.05, 0) is 40.3 Å². The predicted molar refractivity (Wildman–Crippen MR) is 82.6 cm³/mol. The molecule has 0 saturated carbocycles. The van der Waals surface area contributed by atoms with Gasteiger partial charge >= 0.3 is 0 Å². The van der Waals surface area contributed by atoms with Crippen molar-refractivity contribution in [3.63, 3.8) is 0 Å². The molecule has 3 aromatic carbocycles. The van der Waals surface area contributed by atoms with E-state index in [1.165, 1.54) is 27.5 Å². The molecule has 0 amide bonds. The fraction of sp³-hybridized carbons (Fsp3) is 0.158. The largest absolute Gasteiger partial charge is 0.0622 e. The van der Waals surface area contributed by atoms with Gasteiger partial charge in [0.15, 0.2) is 0 Å². The van der Waals surface area contributed by atoms with Crippen LogP contribution in [0.4, 0.5) is 0 Å². The summed E-state index contributed by atoms with van der Waals surface area (Å²) in [5.74, 6) is 0. The van der Waals surface area contributed by atoms with Crippen LogP contribution in [0.25, 0.3) is 10.8 Å². The second-order valence-electron chi connectivity index (χ2n) is 4.94. The number of hydrogen-bond donors (Lipinski definition) is 0. The molecule has 0 aliphatic carbocycles. The van der Waals surface area contributed by atoms with Crippen LogP contribution in [-0.2, 0) is 12.8 Å². The van der Waals surface area contributed by atoms with Crippen LogP contribution in [0.3, 0.4) is 0 Å². The number of aryl methyl sites for hydroxylation is 1. The molecule has 0 saturated heterocycles. The highest BCUT2D eigenvalue weighted by Gasteiger charge is 2.07. The maximum absolute atomic E-state index is 2.28. The minimum atomic E-state index is 1.02. The summed E-state index contributed by atoms with van der Waals surface area (Å²) in [6.07, 6.45) is 2.11. The van der Waals surface area contributed by atoms with Gasteiger partial charge in [-0.25, -0.2) is 0 Å². The maximum atomic E-state index is 2.28. The SMILES string of the molecule is CCc1ccc2ccccc2c1Cc1ccccc1. The molecule has 0 heteroatoms. The van der Waals surface area contributed by atoms with Crippen LogP contribution in [0.5, 0.6) is 0 Å².